The van der Waals surface area contributed by atoms with Crippen LogP contribution >= 0.6 is 0 Å². The Kier molecular flexibility index (Phi) is 5.33. The van der Waals surface area contributed by atoms with Crippen molar-refractivity contribution in [1.29, 1.82) is 0 Å². The van der Waals surface area contributed by atoms with Crippen LogP contribution in [0.1, 0.15) is 31.9 Å². The Bertz CT molecular complexity index is 323. The molecule has 0 atom stereocenters. The van der Waals surface area contributed by atoms with Crippen molar-refractivity contribution in [3.05, 3.63) is 40.3 Å². The fourth-order valence-corrected chi connectivity index (χ4v) is 7.83. The van der Waals surface area contributed by atoms with E-state index in [0.717, 1.165) is 0 Å². The first kappa shape index (κ1) is 13.6. The SMILES string of the molecule is C[CH2][Ge](/[CH]=C/c1ccc(C)cc1)([CH2]C)[CH2]C. The Balaban J connectivity index is 2.82. The topological polar surface area (TPSA) is 0 Å². The van der Waals surface area contributed by atoms with Crippen LogP contribution in [0.5, 0.6) is 0 Å². The summed E-state index contributed by atoms with van der Waals surface area (Å²) in [5.74, 6) is 0. The monoisotopic (exact) mass is 278 g/mol. The molecule has 0 aromatic heterocycles. The Morgan fingerprint density at radius 3 is 1.88 bits per heavy atom. The second-order valence-electron chi connectivity index (χ2n) is 4.67. The van der Waals surface area contributed by atoms with E-state index >= 15 is 0 Å². The van der Waals surface area contributed by atoms with E-state index in [9.17, 15) is 0 Å². The van der Waals surface area contributed by atoms with Gasteiger partial charge in [-0.25, -0.2) is 0 Å². The zero-order valence-electron chi connectivity index (χ0n) is 11.1. The molecule has 0 bridgehead atoms. The second-order valence-corrected chi connectivity index (χ2v) is 15.5. The third kappa shape index (κ3) is 3.52. The van der Waals surface area contributed by atoms with Crippen molar-refractivity contribution in [3.63, 3.8) is 0 Å². The molecule has 1 aromatic rings. The van der Waals surface area contributed by atoms with Gasteiger partial charge in [-0.1, -0.05) is 0 Å². The number of hydrogen-bond acceptors (Lipinski definition) is 0. The van der Waals surface area contributed by atoms with Crippen molar-refractivity contribution in [1.82, 2.24) is 0 Å². The Morgan fingerprint density at radius 1 is 0.938 bits per heavy atom. The fraction of sp³-hybridized carbons (Fsp3) is 0.467. The van der Waals surface area contributed by atoms with Gasteiger partial charge in [-0.15, -0.1) is 0 Å². The molecule has 88 valence electrons. The molecule has 0 saturated carbocycles. The Hall–Kier alpha value is -0.497. The molecule has 0 amide bonds. The molecule has 0 spiro atoms. The Morgan fingerprint density at radius 2 is 1.44 bits per heavy atom. The first-order valence-electron chi connectivity index (χ1n) is 6.41. The maximum atomic E-state index is 2.59. The van der Waals surface area contributed by atoms with Crippen molar-refractivity contribution < 1.29 is 0 Å². The summed E-state index contributed by atoms with van der Waals surface area (Å²) in [6.07, 6.45) is 2.36. The van der Waals surface area contributed by atoms with Crippen molar-refractivity contribution in [2.45, 2.75) is 43.5 Å². The summed E-state index contributed by atoms with van der Waals surface area (Å²) in [5, 5.41) is 4.24. The van der Waals surface area contributed by atoms with E-state index in [-0.39, 0.29) is 0 Å². The van der Waals surface area contributed by atoms with Crippen LogP contribution in [-0.2, 0) is 0 Å². The minimum absolute atomic E-state index is 1.34. The molecule has 1 rings (SSSR count). The molecule has 0 heterocycles. The zero-order chi connectivity index (χ0) is 12.0. The van der Waals surface area contributed by atoms with Crippen molar-refractivity contribution >= 4 is 19.3 Å². The van der Waals surface area contributed by atoms with Gasteiger partial charge in [0, 0.05) is 0 Å². The Labute approximate surface area is 103 Å². The van der Waals surface area contributed by atoms with Crippen LogP contribution in [0.25, 0.3) is 6.08 Å². The van der Waals surface area contributed by atoms with E-state index < -0.39 is 13.3 Å². The standard InChI is InChI=1S/C15H24Ge/c1-5-16(6-2,7-3)13-12-15-10-8-14(4)9-11-15/h8-13H,5-7H2,1-4H3/b13-12+. The van der Waals surface area contributed by atoms with Crippen LogP contribution in [-0.4, -0.2) is 13.3 Å². The molecular formula is C15H24Ge. The van der Waals surface area contributed by atoms with E-state index in [1.807, 2.05) is 0 Å². The average molecular weight is 277 g/mol. The van der Waals surface area contributed by atoms with Gasteiger partial charge in [0.25, 0.3) is 0 Å². The third-order valence-corrected chi connectivity index (χ3v) is 14.5. The molecule has 0 fully saturated rings. The van der Waals surface area contributed by atoms with Gasteiger partial charge in [0.1, 0.15) is 0 Å². The van der Waals surface area contributed by atoms with Gasteiger partial charge in [-0.05, 0) is 0 Å². The summed E-state index contributed by atoms with van der Waals surface area (Å²) in [4.78, 5) is 2.59. The normalized spacial score (nSPS) is 12.2. The maximum absolute atomic E-state index is 2.59. The summed E-state index contributed by atoms with van der Waals surface area (Å²) >= 11 is -1.62. The molecule has 0 aliphatic carbocycles. The van der Waals surface area contributed by atoms with Gasteiger partial charge >= 0.3 is 103 Å². The molecule has 0 saturated heterocycles. The average Bonchev–Trinajstić information content (AvgIpc) is 2.34. The molecule has 1 heteroatoms. The van der Waals surface area contributed by atoms with Crippen LogP contribution in [0.15, 0.2) is 29.2 Å². The quantitative estimate of drug-likeness (QED) is 0.660. The van der Waals surface area contributed by atoms with Crippen molar-refractivity contribution in [3.8, 4) is 0 Å². The van der Waals surface area contributed by atoms with Gasteiger partial charge in [0.2, 0.25) is 0 Å². The van der Waals surface area contributed by atoms with E-state index in [1.165, 1.54) is 26.9 Å². The number of aryl methyl sites for hydroxylation is 1. The van der Waals surface area contributed by atoms with Gasteiger partial charge in [0.15, 0.2) is 0 Å². The first-order chi connectivity index (χ1) is 7.65. The minimum atomic E-state index is -1.62. The second kappa shape index (κ2) is 6.29. The van der Waals surface area contributed by atoms with Crippen LogP contribution in [0.2, 0.25) is 15.8 Å². The number of hydrogen-bond donors (Lipinski definition) is 0. The van der Waals surface area contributed by atoms with Gasteiger partial charge < -0.3 is 0 Å². The van der Waals surface area contributed by atoms with Gasteiger partial charge in [0.05, 0.1) is 0 Å². The predicted molar refractivity (Wildman–Crippen MR) is 77.4 cm³/mol. The zero-order valence-corrected chi connectivity index (χ0v) is 13.2. The predicted octanol–water partition coefficient (Wildman–Crippen LogP) is 5.06. The molecular weight excluding hydrogens is 253 g/mol. The van der Waals surface area contributed by atoms with E-state index in [2.05, 4.69) is 62.9 Å². The van der Waals surface area contributed by atoms with Gasteiger partial charge in [-0.3, -0.25) is 0 Å². The summed E-state index contributed by atoms with van der Waals surface area (Å²) in [7, 11) is 0. The fourth-order valence-electron chi connectivity index (χ4n) is 2.05. The number of rotatable bonds is 5. The summed E-state index contributed by atoms with van der Waals surface area (Å²) in [6.45, 7) is 9.24. The third-order valence-electron chi connectivity index (χ3n) is 3.82. The van der Waals surface area contributed by atoms with E-state index in [1.54, 1.807) is 0 Å². The molecule has 0 nitrogen and oxygen atoms in total. The first-order valence-corrected chi connectivity index (χ1v) is 12.1. The van der Waals surface area contributed by atoms with Crippen molar-refractivity contribution in [2.75, 3.05) is 0 Å². The molecule has 1 aromatic carbocycles. The number of benzene rings is 1. The molecule has 0 unspecified atom stereocenters. The van der Waals surface area contributed by atoms with Crippen LogP contribution < -0.4 is 0 Å². The van der Waals surface area contributed by atoms with Crippen molar-refractivity contribution in [2.24, 2.45) is 0 Å². The summed E-state index contributed by atoms with van der Waals surface area (Å²) < 4.78 is 0. The summed E-state index contributed by atoms with van der Waals surface area (Å²) in [5.41, 5.74) is 2.70. The van der Waals surface area contributed by atoms with E-state index in [0.29, 0.717) is 0 Å². The van der Waals surface area contributed by atoms with Crippen LogP contribution in [0.4, 0.5) is 0 Å². The molecule has 0 aliphatic heterocycles. The summed E-state index contributed by atoms with van der Waals surface area (Å²) in [6, 6.07) is 8.83. The molecule has 0 aliphatic rings. The van der Waals surface area contributed by atoms with Crippen LogP contribution in [0.3, 0.4) is 0 Å². The molecule has 0 radical (unpaired) electrons. The van der Waals surface area contributed by atoms with Gasteiger partial charge in [-0.2, -0.15) is 0 Å². The van der Waals surface area contributed by atoms with E-state index in [4.69, 9.17) is 0 Å². The van der Waals surface area contributed by atoms with Crippen LogP contribution in [0, 0.1) is 6.92 Å². The molecule has 16 heavy (non-hydrogen) atoms. The molecule has 0 N–H and O–H groups in total.